The zero-order valence-electron chi connectivity index (χ0n) is 11.1. The van der Waals surface area contributed by atoms with Crippen molar-refractivity contribution in [1.29, 1.82) is 0 Å². The van der Waals surface area contributed by atoms with E-state index >= 15 is 0 Å². The Hall–Kier alpha value is -1.68. The standard InChI is InChI=1S/C15H15BrN2O/c1-9-4-6-13(11(3)10(9)2)15(19)18-14-7-5-12(16)8-17-14/h4-8H,1-3H3,(H,17,18,19). The molecule has 0 saturated heterocycles. The minimum atomic E-state index is -0.129. The van der Waals surface area contributed by atoms with Gasteiger partial charge in [0.25, 0.3) is 5.91 Å². The molecule has 1 aromatic heterocycles. The highest BCUT2D eigenvalue weighted by atomic mass is 79.9. The molecule has 2 aromatic rings. The molecule has 1 heterocycles. The van der Waals surface area contributed by atoms with Gasteiger partial charge in [-0.2, -0.15) is 0 Å². The molecule has 0 radical (unpaired) electrons. The van der Waals surface area contributed by atoms with Gasteiger partial charge in [-0.15, -0.1) is 0 Å². The molecule has 0 atom stereocenters. The number of aromatic nitrogens is 1. The second-order valence-corrected chi connectivity index (χ2v) is 5.41. The van der Waals surface area contributed by atoms with E-state index in [9.17, 15) is 4.79 Å². The summed E-state index contributed by atoms with van der Waals surface area (Å²) in [5, 5.41) is 2.80. The fourth-order valence-electron chi connectivity index (χ4n) is 1.84. The third kappa shape index (κ3) is 3.01. The van der Waals surface area contributed by atoms with Crippen molar-refractivity contribution in [2.24, 2.45) is 0 Å². The molecule has 4 heteroatoms. The van der Waals surface area contributed by atoms with Crippen LogP contribution in [0.25, 0.3) is 0 Å². The number of anilines is 1. The topological polar surface area (TPSA) is 42.0 Å². The number of amides is 1. The van der Waals surface area contributed by atoms with Crippen LogP contribution in [0.2, 0.25) is 0 Å². The van der Waals surface area contributed by atoms with E-state index in [1.54, 1.807) is 12.3 Å². The lowest BCUT2D eigenvalue weighted by atomic mass is 9.98. The van der Waals surface area contributed by atoms with E-state index in [-0.39, 0.29) is 5.91 Å². The number of halogens is 1. The number of rotatable bonds is 2. The molecule has 0 fully saturated rings. The molecule has 0 aliphatic heterocycles. The van der Waals surface area contributed by atoms with Crippen molar-refractivity contribution in [1.82, 2.24) is 4.98 Å². The number of aryl methyl sites for hydroxylation is 1. The van der Waals surface area contributed by atoms with Crippen LogP contribution in [0.4, 0.5) is 5.82 Å². The molecule has 1 amide bonds. The van der Waals surface area contributed by atoms with Gasteiger partial charge >= 0.3 is 0 Å². The van der Waals surface area contributed by atoms with Crippen molar-refractivity contribution in [2.45, 2.75) is 20.8 Å². The predicted octanol–water partition coefficient (Wildman–Crippen LogP) is 4.02. The summed E-state index contributed by atoms with van der Waals surface area (Å²) < 4.78 is 0.882. The molecule has 0 saturated carbocycles. The van der Waals surface area contributed by atoms with Crippen molar-refractivity contribution < 1.29 is 4.79 Å². The summed E-state index contributed by atoms with van der Waals surface area (Å²) >= 11 is 3.31. The first-order valence-electron chi connectivity index (χ1n) is 5.98. The molecule has 2 rings (SSSR count). The summed E-state index contributed by atoms with van der Waals surface area (Å²) in [6.45, 7) is 6.03. The first-order valence-corrected chi connectivity index (χ1v) is 6.78. The number of hydrogen-bond acceptors (Lipinski definition) is 2. The maximum Gasteiger partial charge on any atom is 0.257 e. The summed E-state index contributed by atoms with van der Waals surface area (Å²) in [5.74, 6) is 0.418. The van der Waals surface area contributed by atoms with Gasteiger partial charge in [0, 0.05) is 16.2 Å². The van der Waals surface area contributed by atoms with Gasteiger partial charge in [0.2, 0.25) is 0 Å². The van der Waals surface area contributed by atoms with Crippen LogP contribution in [0.3, 0.4) is 0 Å². The highest BCUT2D eigenvalue weighted by Crippen LogP contribution is 2.18. The van der Waals surface area contributed by atoms with Crippen LogP contribution in [0.15, 0.2) is 34.9 Å². The smallest absolute Gasteiger partial charge is 0.257 e. The summed E-state index contributed by atoms with van der Waals surface area (Å²) in [4.78, 5) is 16.4. The monoisotopic (exact) mass is 318 g/mol. The number of nitrogens with zero attached hydrogens (tertiary/aromatic N) is 1. The molecular weight excluding hydrogens is 304 g/mol. The molecule has 1 N–H and O–H groups in total. The molecule has 98 valence electrons. The average Bonchev–Trinajstić information content (AvgIpc) is 2.39. The summed E-state index contributed by atoms with van der Waals surface area (Å²) in [6.07, 6.45) is 1.66. The maximum absolute atomic E-state index is 12.2. The highest BCUT2D eigenvalue weighted by Gasteiger charge is 2.12. The van der Waals surface area contributed by atoms with Crippen molar-refractivity contribution in [3.63, 3.8) is 0 Å². The Labute approximate surface area is 121 Å². The lowest BCUT2D eigenvalue weighted by molar-refractivity contribution is 0.102. The zero-order chi connectivity index (χ0) is 14.0. The number of benzene rings is 1. The lowest BCUT2D eigenvalue weighted by Crippen LogP contribution is -2.15. The number of pyridine rings is 1. The van der Waals surface area contributed by atoms with Gasteiger partial charge in [0.15, 0.2) is 0 Å². The third-order valence-corrected chi connectivity index (χ3v) is 3.74. The highest BCUT2D eigenvalue weighted by molar-refractivity contribution is 9.10. The molecule has 19 heavy (non-hydrogen) atoms. The zero-order valence-corrected chi connectivity index (χ0v) is 12.7. The fourth-order valence-corrected chi connectivity index (χ4v) is 2.07. The van der Waals surface area contributed by atoms with Crippen LogP contribution in [0.5, 0.6) is 0 Å². The van der Waals surface area contributed by atoms with Gasteiger partial charge in [-0.05, 0) is 71.6 Å². The Morgan fingerprint density at radius 1 is 1.11 bits per heavy atom. The van der Waals surface area contributed by atoms with E-state index in [1.807, 2.05) is 39.0 Å². The quantitative estimate of drug-likeness (QED) is 0.908. The van der Waals surface area contributed by atoms with Crippen molar-refractivity contribution in [3.05, 3.63) is 57.2 Å². The Morgan fingerprint density at radius 3 is 2.47 bits per heavy atom. The van der Waals surface area contributed by atoms with Crippen LogP contribution in [-0.2, 0) is 0 Å². The Kier molecular flexibility index (Phi) is 4.00. The first-order chi connectivity index (χ1) is 8.99. The largest absolute Gasteiger partial charge is 0.307 e. The fraction of sp³-hybridized carbons (Fsp3) is 0.200. The van der Waals surface area contributed by atoms with Crippen LogP contribution >= 0.6 is 15.9 Å². The van der Waals surface area contributed by atoms with Gasteiger partial charge < -0.3 is 5.32 Å². The number of hydrogen-bond donors (Lipinski definition) is 1. The Balaban J connectivity index is 2.25. The van der Waals surface area contributed by atoms with Crippen LogP contribution in [0.1, 0.15) is 27.0 Å². The molecule has 0 spiro atoms. The molecule has 0 unspecified atom stereocenters. The van der Waals surface area contributed by atoms with E-state index in [0.717, 1.165) is 15.6 Å². The average molecular weight is 319 g/mol. The summed E-state index contributed by atoms with van der Waals surface area (Å²) in [7, 11) is 0. The van der Waals surface area contributed by atoms with E-state index in [0.29, 0.717) is 11.4 Å². The molecule has 3 nitrogen and oxygen atoms in total. The Bertz CT molecular complexity index is 621. The normalized spacial score (nSPS) is 10.3. The third-order valence-electron chi connectivity index (χ3n) is 3.27. The minimum absolute atomic E-state index is 0.129. The molecule has 0 bridgehead atoms. The first kappa shape index (κ1) is 13.7. The lowest BCUT2D eigenvalue weighted by Gasteiger charge is -2.11. The summed E-state index contributed by atoms with van der Waals surface area (Å²) in [5.41, 5.74) is 4.04. The van der Waals surface area contributed by atoms with Gasteiger partial charge in [-0.25, -0.2) is 4.98 Å². The number of carbonyl (C=O) groups is 1. The molecular formula is C15H15BrN2O. The van der Waals surface area contributed by atoms with Gasteiger partial charge in [-0.3, -0.25) is 4.79 Å². The number of carbonyl (C=O) groups excluding carboxylic acids is 1. The van der Waals surface area contributed by atoms with E-state index in [4.69, 9.17) is 0 Å². The predicted molar refractivity (Wildman–Crippen MR) is 80.5 cm³/mol. The number of nitrogens with one attached hydrogen (secondary N) is 1. The van der Waals surface area contributed by atoms with Gasteiger partial charge in [0.1, 0.15) is 5.82 Å². The van der Waals surface area contributed by atoms with Crippen molar-refractivity contribution >= 4 is 27.7 Å². The molecule has 1 aromatic carbocycles. The minimum Gasteiger partial charge on any atom is -0.307 e. The van der Waals surface area contributed by atoms with E-state index < -0.39 is 0 Å². The van der Waals surface area contributed by atoms with Crippen molar-refractivity contribution in [3.8, 4) is 0 Å². The van der Waals surface area contributed by atoms with Gasteiger partial charge in [0.05, 0.1) is 0 Å². The Morgan fingerprint density at radius 2 is 1.84 bits per heavy atom. The van der Waals surface area contributed by atoms with E-state index in [1.165, 1.54) is 5.56 Å². The summed E-state index contributed by atoms with van der Waals surface area (Å²) in [6, 6.07) is 7.42. The molecule has 0 aliphatic rings. The van der Waals surface area contributed by atoms with Crippen LogP contribution in [0, 0.1) is 20.8 Å². The SMILES string of the molecule is Cc1ccc(C(=O)Nc2ccc(Br)cn2)c(C)c1C. The molecule has 0 aliphatic carbocycles. The van der Waals surface area contributed by atoms with Crippen molar-refractivity contribution in [2.75, 3.05) is 5.32 Å². The van der Waals surface area contributed by atoms with Gasteiger partial charge in [-0.1, -0.05) is 6.07 Å². The second-order valence-electron chi connectivity index (χ2n) is 4.50. The second kappa shape index (κ2) is 5.53. The van der Waals surface area contributed by atoms with E-state index in [2.05, 4.69) is 26.2 Å². The van der Waals surface area contributed by atoms with Crippen LogP contribution < -0.4 is 5.32 Å². The maximum atomic E-state index is 12.2. The van der Waals surface area contributed by atoms with Crippen LogP contribution in [-0.4, -0.2) is 10.9 Å².